The fourth-order valence-corrected chi connectivity index (χ4v) is 1.65. The molecule has 0 fully saturated rings. The lowest BCUT2D eigenvalue weighted by molar-refractivity contribution is 0.396. The van der Waals surface area contributed by atoms with Crippen molar-refractivity contribution in [2.45, 2.75) is 13.5 Å². The van der Waals surface area contributed by atoms with Crippen LogP contribution in [0.4, 0.5) is 5.69 Å². The van der Waals surface area contributed by atoms with Crippen LogP contribution in [0.1, 0.15) is 11.3 Å². The molecule has 0 aliphatic carbocycles. The van der Waals surface area contributed by atoms with E-state index in [0.29, 0.717) is 18.4 Å². The first-order valence-electron chi connectivity index (χ1n) is 6.31. The highest BCUT2D eigenvalue weighted by Crippen LogP contribution is 2.09. The van der Waals surface area contributed by atoms with Crippen LogP contribution in [-0.2, 0) is 6.54 Å². The Morgan fingerprint density at radius 3 is 2.62 bits per heavy atom. The van der Waals surface area contributed by atoms with Gasteiger partial charge in [0.2, 0.25) is 5.88 Å². The zero-order valence-corrected chi connectivity index (χ0v) is 14.4. The average molecular weight is 398 g/mol. The number of aromatic nitrogens is 1. The van der Waals surface area contributed by atoms with Gasteiger partial charge in [-0.25, -0.2) is 9.98 Å². The fraction of sp³-hybridized carbons (Fsp3) is 0.200. The second-order valence-corrected chi connectivity index (χ2v) is 4.36. The number of hydrogen-bond acceptors (Lipinski definition) is 3. The van der Waals surface area contributed by atoms with Crippen molar-refractivity contribution in [2.24, 2.45) is 10.7 Å². The maximum Gasteiger partial charge on any atom is 0.213 e. The first kappa shape index (κ1) is 17.2. The molecule has 5 nitrogen and oxygen atoms in total. The minimum absolute atomic E-state index is 0. The Bertz CT molecular complexity index is 599. The molecule has 0 spiro atoms. The van der Waals surface area contributed by atoms with Gasteiger partial charge in [0.15, 0.2) is 5.96 Å². The van der Waals surface area contributed by atoms with Gasteiger partial charge in [-0.05, 0) is 25.1 Å². The molecule has 0 atom stereocenters. The highest BCUT2D eigenvalue weighted by atomic mass is 127. The zero-order valence-electron chi connectivity index (χ0n) is 12.0. The third kappa shape index (κ3) is 5.58. The minimum atomic E-state index is 0. The van der Waals surface area contributed by atoms with Crippen LogP contribution in [0, 0.1) is 6.92 Å². The van der Waals surface area contributed by atoms with E-state index in [4.69, 9.17) is 10.5 Å². The molecule has 0 aliphatic rings. The number of nitrogens with two attached hydrogens (primary N) is 1. The standard InChI is InChI=1S/C15H18N4O.HI/c1-11-6-8-12(9-7-11)19-15(16)17-10-13-4-3-5-14(18-13)20-2;/h3-9H,10H2,1-2H3,(H3,16,17,19);1H. The molecule has 0 saturated carbocycles. The molecule has 1 aromatic heterocycles. The van der Waals surface area contributed by atoms with E-state index < -0.39 is 0 Å². The number of methoxy groups -OCH3 is 1. The molecule has 1 heterocycles. The van der Waals surface area contributed by atoms with E-state index in [2.05, 4.69) is 15.3 Å². The summed E-state index contributed by atoms with van der Waals surface area (Å²) in [6.07, 6.45) is 0. The number of anilines is 1. The molecule has 0 saturated heterocycles. The number of pyridine rings is 1. The van der Waals surface area contributed by atoms with Gasteiger partial charge in [-0.2, -0.15) is 0 Å². The number of halogens is 1. The highest BCUT2D eigenvalue weighted by Gasteiger charge is 1.98. The number of aliphatic imine (C=N–C) groups is 1. The van der Waals surface area contributed by atoms with Crippen molar-refractivity contribution in [1.82, 2.24) is 4.98 Å². The second-order valence-electron chi connectivity index (χ2n) is 4.36. The minimum Gasteiger partial charge on any atom is -0.481 e. The summed E-state index contributed by atoms with van der Waals surface area (Å²) in [5.74, 6) is 0.932. The van der Waals surface area contributed by atoms with Crippen LogP contribution in [-0.4, -0.2) is 18.1 Å². The third-order valence-electron chi connectivity index (χ3n) is 2.73. The molecule has 0 aliphatic heterocycles. The Morgan fingerprint density at radius 2 is 1.95 bits per heavy atom. The summed E-state index contributed by atoms with van der Waals surface area (Å²) < 4.78 is 5.06. The maximum atomic E-state index is 5.84. The van der Waals surface area contributed by atoms with Gasteiger partial charge in [0.25, 0.3) is 0 Å². The second kappa shape index (κ2) is 8.46. The number of nitrogens with one attached hydrogen (secondary N) is 1. The molecule has 0 unspecified atom stereocenters. The lowest BCUT2D eigenvalue weighted by Gasteiger charge is -2.06. The van der Waals surface area contributed by atoms with Crippen molar-refractivity contribution >= 4 is 35.6 Å². The lowest BCUT2D eigenvalue weighted by atomic mass is 10.2. The van der Waals surface area contributed by atoms with E-state index in [9.17, 15) is 0 Å². The number of benzene rings is 1. The topological polar surface area (TPSA) is 72.5 Å². The van der Waals surface area contributed by atoms with E-state index in [1.54, 1.807) is 13.2 Å². The van der Waals surface area contributed by atoms with Crippen molar-refractivity contribution in [2.75, 3.05) is 12.4 Å². The van der Waals surface area contributed by atoms with Crippen LogP contribution >= 0.6 is 24.0 Å². The molecule has 112 valence electrons. The smallest absolute Gasteiger partial charge is 0.213 e. The van der Waals surface area contributed by atoms with Gasteiger partial charge >= 0.3 is 0 Å². The summed E-state index contributed by atoms with van der Waals surface area (Å²) in [7, 11) is 1.59. The van der Waals surface area contributed by atoms with Gasteiger partial charge in [-0.15, -0.1) is 24.0 Å². The molecular formula is C15H19IN4O. The average Bonchev–Trinajstić information content (AvgIpc) is 2.48. The van der Waals surface area contributed by atoms with Crippen LogP contribution in [0.3, 0.4) is 0 Å². The lowest BCUT2D eigenvalue weighted by Crippen LogP contribution is -2.22. The molecule has 0 bridgehead atoms. The van der Waals surface area contributed by atoms with Gasteiger partial charge in [0, 0.05) is 11.8 Å². The number of hydrogen-bond donors (Lipinski definition) is 2. The number of rotatable bonds is 4. The van der Waals surface area contributed by atoms with Gasteiger partial charge in [0.1, 0.15) is 0 Å². The van der Waals surface area contributed by atoms with Crippen molar-refractivity contribution in [3.05, 3.63) is 53.7 Å². The number of guanidine groups is 1. The van der Waals surface area contributed by atoms with Crippen molar-refractivity contribution < 1.29 is 4.74 Å². The van der Waals surface area contributed by atoms with Gasteiger partial charge < -0.3 is 15.8 Å². The van der Waals surface area contributed by atoms with Crippen molar-refractivity contribution in [1.29, 1.82) is 0 Å². The Kier molecular flexibility index (Phi) is 6.93. The van der Waals surface area contributed by atoms with Crippen molar-refractivity contribution in [3.63, 3.8) is 0 Å². The molecule has 0 radical (unpaired) electrons. The Morgan fingerprint density at radius 1 is 1.24 bits per heavy atom. The maximum absolute atomic E-state index is 5.84. The molecule has 3 N–H and O–H groups in total. The predicted molar refractivity (Wildman–Crippen MR) is 96.3 cm³/mol. The first-order valence-corrected chi connectivity index (χ1v) is 6.31. The van der Waals surface area contributed by atoms with E-state index in [0.717, 1.165) is 11.4 Å². The first-order chi connectivity index (χ1) is 9.67. The molecule has 21 heavy (non-hydrogen) atoms. The summed E-state index contributed by atoms with van der Waals surface area (Å²) in [4.78, 5) is 8.52. The Hall–Kier alpha value is -1.83. The van der Waals surface area contributed by atoms with E-state index in [-0.39, 0.29) is 24.0 Å². The van der Waals surface area contributed by atoms with Crippen molar-refractivity contribution in [3.8, 4) is 5.88 Å². The van der Waals surface area contributed by atoms with Crippen LogP contribution in [0.5, 0.6) is 5.88 Å². The molecular weight excluding hydrogens is 379 g/mol. The summed E-state index contributed by atoms with van der Waals surface area (Å²) in [5.41, 5.74) is 8.76. The summed E-state index contributed by atoms with van der Waals surface area (Å²) >= 11 is 0. The van der Waals surface area contributed by atoms with Crippen LogP contribution in [0.25, 0.3) is 0 Å². The Labute approximate surface area is 141 Å². The summed E-state index contributed by atoms with van der Waals surface area (Å²) in [5, 5.41) is 3.04. The molecule has 0 amide bonds. The predicted octanol–water partition coefficient (Wildman–Crippen LogP) is 2.94. The molecule has 2 aromatic rings. The zero-order chi connectivity index (χ0) is 14.4. The van der Waals surface area contributed by atoms with Gasteiger partial charge in [0.05, 0.1) is 19.3 Å². The van der Waals surface area contributed by atoms with Crippen LogP contribution in [0.15, 0.2) is 47.5 Å². The quantitative estimate of drug-likeness (QED) is 0.472. The summed E-state index contributed by atoms with van der Waals surface area (Å²) in [6, 6.07) is 13.5. The molecule has 6 heteroatoms. The largest absolute Gasteiger partial charge is 0.481 e. The third-order valence-corrected chi connectivity index (χ3v) is 2.73. The van der Waals surface area contributed by atoms with E-state index >= 15 is 0 Å². The van der Waals surface area contributed by atoms with Crippen LogP contribution in [0.2, 0.25) is 0 Å². The Balaban J connectivity index is 0.00000220. The monoisotopic (exact) mass is 398 g/mol. The molecule has 2 rings (SSSR count). The number of ether oxygens (including phenoxy) is 1. The van der Waals surface area contributed by atoms with Crippen LogP contribution < -0.4 is 15.8 Å². The number of nitrogens with zero attached hydrogens (tertiary/aromatic N) is 2. The fourth-order valence-electron chi connectivity index (χ4n) is 1.65. The van der Waals surface area contributed by atoms with Gasteiger partial charge in [-0.1, -0.05) is 23.8 Å². The highest BCUT2D eigenvalue weighted by molar-refractivity contribution is 14.0. The SMILES string of the molecule is COc1cccc(CN=C(N)Nc2ccc(C)cc2)n1.I. The van der Waals surface area contributed by atoms with Gasteiger partial charge in [-0.3, -0.25) is 0 Å². The normalized spacial score (nSPS) is 10.7. The van der Waals surface area contributed by atoms with E-state index in [1.165, 1.54) is 5.56 Å². The van der Waals surface area contributed by atoms with E-state index in [1.807, 2.05) is 43.3 Å². The summed E-state index contributed by atoms with van der Waals surface area (Å²) in [6.45, 7) is 2.44. The molecule has 1 aromatic carbocycles. The number of aryl methyl sites for hydroxylation is 1.